The molecule has 0 amide bonds. The Hall–Kier alpha value is -1.95. The van der Waals surface area contributed by atoms with Gasteiger partial charge >= 0.3 is 0 Å². The van der Waals surface area contributed by atoms with Crippen LogP contribution in [0.4, 0.5) is 5.82 Å². The molecule has 106 valence electrons. The summed E-state index contributed by atoms with van der Waals surface area (Å²) in [7, 11) is 0. The molecule has 0 bridgehead atoms. The molecule has 1 atom stereocenters. The van der Waals surface area contributed by atoms with Crippen molar-refractivity contribution in [2.45, 2.75) is 31.7 Å². The van der Waals surface area contributed by atoms with E-state index in [1.54, 1.807) is 12.5 Å². The molecular formula is C14H20N6. The summed E-state index contributed by atoms with van der Waals surface area (Å²) >= 11 is 0. The maximum atomic E-state index is 5.73. The highest BCUT2D eigenvalue weighted by atomic mass is 15.3. The summed E-state index contributed by atoms with van der Waals surface area (Å²) in [5.41, 5.74) is 5.73. The molecule has 0 aliphatic carbocycles. The lowest BCUT2D eigenvalue weighted by atomic mass is 9.99. The third kappa shape index (κ3) is 2.65. The van der Waals surface area contributed by atoms with Gasteiger partial charge in [-0.1, -0.05) is 0 Å². The third-order valence-electron chi connectivity index (χ3n) is 3.78. The van der Waals surface area contributed by atoms with Crippen LogP contribution < -0.4 is 10.6 Å². The fourth-order valence-electron chi connectivity index (χ4n) is 2.80. The maximum Gasteiger partial charge on any atom is 0.236 e. The Bertz CT molecular complexity index is 536. The number of aromatic nitrogens is 4. The molecule has 20 heavy (non-hydrogen) atoms. The van der Waals surface area contributed by atoms with Gasteiger partial charge in [-0.25, -0.2) is 9.97 Å². The lowest BCUT2D eigenvalue weighted by Gasteiger charge is -2.36. The van der Waals surface area contributed by atoms with Gasteiger partial charge in [0, 0.05) is 31.2 Å². The third-order valence-corrected chi connectivity index (χ3v) is 3.78. The largest absolute Gasteiger partial charge is 0.353 e. The molecule has 1 aliphatic heterocycles. The molecule has 0 aromatic carbocycles. The number of anilines is 1. The Balaban J connectivity index is 1.87. The monoisotopic (exact) mass is 272 g/mol. The van der Waals surface area contributed by atoms with Crippen molar-refractivity contribution in [1.29, 1.82) is 0 Å². The van der Waals surface area contributed by atoms with Crippen LogP contribution in [0.2, 0.25) is 0 Å². The average molecular weight is 272 g/mol. The minimum absolute atomic E-state index is 0.499. The van der Waals surface area contributed by atoms with Crippen molar-refractivity contribution >= 4 is 5.82 Å². The van der Waals surface area contributed by atoms with E-state index in [4.69, 9.17) is 5.73 Å². The van der Waals surface area contributed by atoms with Gasteiger partial charge in [-0.2, -0.15) is 4.98 Å². The van der Waals surface area contributed by atoms with Crippen LogP contribution in [-0.4, -0.2) is 38.7 Å². The van der Waals surface area contributed by atoms with E-state index in [2.05, 4.69) is 19.9 Å². The number of hydrogen-bond donors (Lipinski definition) is 1. The van der Waals surface area contributed by atoms with Crippen molar-refractivity contribution in [2.24, 2.45) is 5.73 Å². The Morgan fingerprint density at radius 3 is 3.05 bits per heavy atom. The molecule has 0 spiro atoms. The van der Waals surface area contributed by atoms with E-state index in [-0.39, 0.29) is 0 Å². The van der Waals surface area contributed by atoms with E-state index < -0.39 is 0 Å². The number of imidazole rings is 1. The van der Waals surface area contributed by atoms with Gasteiger partial charge in [0.2, 0.25) is 5.95 Å². The molecule has 1 saturated heterocycles. The summed E-state index contributed by atoms with van der Waals surface area (Å²) in [6, 6.07) is 2.48. The van der Waals surface area contributed by atoms with E-state index in [9.17, 15) is 0 Å². The first-order valence-corrected chi connectivity index (χ1v) is 7.16. The van der Waals surface area contributed by atoms with Gasteiger partial charge in [0.1, 0.15) is 12.1 Å². The Morgan fingerprint density at radius 2 is 2.25 bits per heavy atom. The van der Waals surface area contributed by atoms with Crippen molar-refractivity contribution in [2.75, 3.05) is 18.0 Å². The van der Waals surface area contributed by atoms with Gasteiger partial charge < -0.3 is 10.6 Å². The molecule has 1 unspecified atom stereocenters. The van der Waals surface area contributed by atoms with Crippen LogP contribution in [0.25, 0.3) is 5.95 Å². The smallest absolute Gasteiger partial charge is 0.236 e. The zero-order valence-corrected chi connectivity index (χ0v) is 11.5. The second-order valence-electron chi connectivity index (χ2n) is 5.11. The molecule has 3 heterocycles. The highest BCUT2D eigenvalue weighted by Crippen LogP contribution is 2.24. The van der Waals surface area contributed by atoms with Gasteiger partial charge in [0.15, 0.2) is 0 Å². The quantitative estimate of drug-likeness (QED) is 0.910. The summed E-state index contributed by atoms with van der Waals surface area (Å²) < 4.78 is 1.82. The molecule has 1 fully saturated rings. The summed E-state index contributed by atoms with van der Waals surface area (Å²) in [5.74, 6) is 1.65. The van der Waals surface area contributed by atoms with Crippen LogP contribution in [0.3, 0.4) is 0 Å². The number of nitrogens with two attached hydrogens (primary N) is 1. The molecule has 2 aromatic heterocycles. The molecule has 3 rings (SSSR count). The lowest BCUT2D eigenvalue weighted by Crippen LogP contribution is -2.41. The van der Waals surface area contributed by atoms with E-state index >= 15 is 0 Å². The Morgan fingerprint density at radius 1 is 1.30 bits per heavy atom. The zero-order chi connectivity index (χ0) is 13.8. The van der Waals surface area contributed by atoms with E-state index in [0.717, 1.165) is 25.3 Å². The van der Waals surface area contributed by atoms with E-state index in [0.29, 0.717) is 12.0 Å². The molecule has 1 aliphatic rings. The van der Waals surface area contributed by atoms with E-state index in [1.165, 1.54) is 19.3 Å². The van der Waals surface area contributed by atoms with Crippen molar-refractivity contribution < 1.29 is 0 Å². The van der Waals surface area contributed by atoms with Gasteiger partial charge in [0.25, 0.3) is 0 Å². The predicted octanol–water partition coefficient (Wildman–Crippen LogP) is 1.37. The standard InChI is InChI=1S/C14H20N6/c15-6-4-12-3-1-2-9-20(12)13-5-7-17-14(18-13)19-10-8-16-11-19/h5,7-8,10-12H,1-4,6,9,15H2. The van der Waals surface area contributed by atoms with Crippen LogP contribution in [-0.2, 0) is 0 Å². The van der Waals surface area contributed by atoms with Crippen molar-refractivity contribution in [3.63, 3.8) is 0 Å². The number of rotatable bonds is 4. The number of piperidine rings is 1. The summed E-state index contributed by atoms with van der Waals surface area (Å²) in [6.45, 7) is 1.77. The molecule has 6 nitrogen and oxygen atoms in total. The average Bonchev–Trinajstić information content (AvgIpc) is 3.03. The zero-order valence-electron chi connectivity index (χ0n) is 11.5. The van der Waals surface area contributed by atoms with Gasteiger partial charge in [-0.15, -0.1) is 0 Å². The Kier molecular flexibility index (Phi) is 3.92. The van der Waals surface area contributed by atoms with Crippen LogP contribution >= 0.6 is 0 Å². The summed E-state index contributed by atoms with van der Waals surface area (Å²) in [4.78, 5) is 15.4. The maximum absolute atomic E-state index is 5.73. The van der Waals surface area contributed by atoms with Gasteiger partial charge in [-0.3, -0.25) is 4.57 Å². The van der Waals surface area contributed by atoms with Crippen molar-refractivity contribution in [1.82, 2.24) is 19.5 Å². The first kappa shape index (κ1) is 13.1. The van der Waals surface area contributed by atoms with E-state index in [1.807, 2.05) is 23.0 Å². The first-order valence-electron chi connectivity index (χ1n) is 7.16. The topological polar surface area (TPSA) is 72.9 Å². The minimum atomic E-state index is 0.499. The normalized spacial score (nSPS) is 19.2. The molecule has 0 radical (unpaired) electrons. The number of hydrogen-bond acceptors (Lipinski definition) is 5. The predicted molar refractivity (Wildman–Crippen MR) is 77.8 cm³/mol. The van der Waals surface area contributed by atoms with Crippen LogP contribution in [0.5, 0.6) is 0 Å². The minimum Gasteiger partial charge on any atom is -0.353 e. The summed E-state index contributed by atoms with van der Waals surface area (Å²) in [6.07, 6.45) is 11.8. The van der Waals surface area contributed by atoms with Crippen molar-refractivity contribution in [3.05, 3.63) is 31.0 Å². The lowest BCUT2D eigenvalue weighted by molar-refractivity contribution is 0.438. The van der Waals surface area contributed by atoms with Crippen LogP contribution in [0.15, 0.2) is 31.0 Å². The fourth-order valence-corrected chi connectivity index (χ4v) is 2.80. The number of nitrogens with zero attached hydrogens (tertiary/aromatic N) is 5. The second kappa shape index (κ2) is 6.00. The Labute approximate surface area is 118 Å². The van der Waals surface area contributed by atoms with Gasteiger partial charge in [0.05, 0.1) is 0 Å². The highest BCUT2D eigenvalue weighted by molar-refractivity contribution is 5.41. The van der Waals surface area contributed by atoms with Crippen molar-refractivity contribution in [3.8, 4) is 5.95 Å². The van der Waals surface area contributed by atoms with Gasteiger partial charge in [-0.05, 0) is 38.3 Å². The molecule has 0 saturated carbocycles. The second-order valence-corrected chi connectivity index (χ2v) is 5.11. The first-order chi connectivity index (χ1) is 9.88. The SMILES string of the molecule is NCCC1CCCCN1c1ccnc(-n2ccnc2)n1. The molecular weight excluding hydrogens is 252 g/mol. The molecule has 6 heteroatoms. The molecule has 2 aromatic rings. The summed E-state index contributed by atoms with van der Waals surface area (Å²) in [5, 5.41) is 0. The highest BCUT2D eigenvalue weighted by Gasteiger charge is 2.23. The van der Waals surface area contributed by atoms with Crippen LogP contribution in [0.1, 0.15) is 25.7 Å². The molecule has 2 N–H and O–H groups in total. The van der Waals surface area contributed by atoms with Crippen LogP contribution in [0, 0.1) is 0 Å². The fraction of sp³-hybridized carbons (Fsp3) is 0.500.